The highest BCUT2D eigenvalue weighted by atomic mass is 32.2. The number of aliphatic hydroxyl groups excluding tert-OH is 1. The van der Waals surface area contributed by atoms with Gasteiger partial charge in [-0.3, -0.25) is 4.90 Å². The molecule has 2 fully saturated rings. The Morgan fingerprint density at radius 2 is 1.91 bits per heavy atom. The molecule has 3 rings (SSSR count). The zero-order valence-electron chi connectivity index (χ0n) is 13.5. The Kier molecular flexibility index (Phi) is 4.94. The van der Waals surface area contributed by atoms with Crippen molar-refractivity contribution in [2.45, 2.75) is 31.4 Å². The van der Waals surface area contributed by atoms with Crippen LogP contribution in [0.3, 0.4) is 0 Å². The van der Waals surface area contributed by atoms with Gasteiger partial charge in [0.05, 0.1) is 30.8 Å². The van der Waals surface area contributed by atoms with Crippen LogP contribution in [0.5, 0.6) is 5.75 Å². The number of nitrogens with zero attached hydrogens (tertiary/aromatic N) is 1. The summed E-state index contributed by atoms with van der Waals surface area (Å²) in [6.45, 7) is 1.72. The minimum absolute atomic E-state index is 0.0845. The van der Waals surface area contributed by atoms with Gasteiger partial charge in [-0.2, -0.15) is 0 Å². The number of para-hydroxylation sites is 1. The number of rotatable bonds is 4. The quantitative estimate of drug-likeness (QED) is 0.890. The van der Waals surface area contributed by atoms with Crippen LogP contribution < -0.4 is 4.74 Å². The monoisotopic (exact) mass is 339 g/mol. The Labute approximate surface area is 138 Å². The van der Waals surface area contributed by atoms with Crippen LogP contribution in [0.2, 0.25) is 0 Å². The predicted octanol–water partition coefficient (Wildman–Crippen LogP) is 1.11. The second kappa shape index (κ2) is 6.79. The number of likely N-dealkylation sites (tertiary alicyclic amines) is 1. The van der Waals surface area contributed by atoms with Crippen molar-refractivity contribution in [3.63, 3.8) is 0 Å². The first-order valence-corrected chi connectivity index (χ1v) is 10.0. The fourth-order valence-electron chi connectivity index (χ4n) is 3.83. The SMILES string of the molecule is COc1ccccc1CC1CCN(C2CS(=O)(=O)CC2O)CC1. The molecule has 23 heavy (non-hydrogen) atoms. The second-order valence-corrected chi connectivity index (χ2v) is 8.86. The third kappa shape index (κ3) is 3.87. The normalized spacial score (nSPS) is 28.8. The molecule has 0 bridgehead atoms. The number of sulfone groups is 1. The van der Waals surface area contributed by atoms with Crippen LogP contribution in [0.15, 0.2) is 24.3 Å². The topological polar surface area (TPSA) is 66.8 Å². The van der Waals surface area contributed by atoms with E-state index in [1.165, 1.54) is 5.56 Å². The number of benzene rings is 1. The van der Waals surface area contributed by atoms with Gasteiger partial charge in [0, 0.05) is 0 Å². The van der Waals surface area contributed by atoms with Gasteiger partial charge in [0.2, 0.25) is 0 Å². The van der Waals surface area contributed by atoms with Crippen molar-refractivity contribution in [3.8, 4) is 5.75 Å². The van der Waals surface area contributed by atoms with E-state index in [2.05, 4.69) is 11.0 Å². The lowest BCUT2D eigenvalue weighted by Crippen LogP contribution is -2.47. The van der Waals surface area contributed by atoms with E-state index < -0.39 is 15.9 Å². The van der Waals surface area contributed by atoms with Crippen molar-refractivity contribution in [1.29, 1.82) is 0 Å². The summed E-state index contributed by atoms with van der Waals surface area (Å²) >= 11 is 0. The lowest BCUT2D eigenvalue weighted by Gasteiger charge is -2.36. The summed E-state index contributed by atoms with van der Waals surface area (Å²) in [6, 6.07) is 7.90. The first-order valence-electron chi connectivity index (χ1n) is 8.23. The molecule has 0 amide bonds. The van der Waals surface area contributed by atoms with Crippen LogP contribution in [0.25, 0.3) is 0 Å². The fourth-order valence-corrected chi connectivity index (χ4v) is 5.66. The highest BCUT2D eigenvalue weighted by molar-refractivity contribution is 7.91. The van der Waals surface area contributed by atoms with Crippen molar-refractivity contribution in [2.75, 3.05) is 31.7 Å². The number of ether oxygens (including phenoxy) is 1. The Balaban J connectivity index is 1.57. The largest absolute Gasteiger partial charge is 0.496 e. The summed E-state index contributed by atoms with van der Waals surface area (Å²) in [5.74, 6) is 1.54. The van der Waals surface area contributed by atoms with Gasteiger partial charge in [-0.15, -0.1) is 0 Å². The van der Waals surface area contributed by atoms with E-state index in [0.717, 1.165) is 38.1 Å². The van der Waals surface area contributed by atoms with E-state index >= 15 is 0 Å². The van der Waals surface area contributed by atoms with E-state index in [4.69, 9.17) is 4.74 Å². The van der Waals surface area contributed by atoms with E-state index in [1.807, 2.05) is 18.2 Å². The summed E-state index contributed by atoms with van der Waals surface area (Å²) in [5.41, 5.74) is 1.23. The molecule has 0 aromatic heterocycles. The molecule has 0 radical (unpaired) electrons. The molecule has 2 aliphatic heterocycles. The molecule has 0 saturated carbocycles. The minimum Gasteiger partial charge on any atom is -0.496 e. The summed E-state index contributed by atoms with van der Waals surface area (Å²) in [6.07, 6.45) is 2.32. The van der Waals surface area contributed by atoms with Crippen LogP contribution in [0.4, 0.5) is 0 Å². The number of aliphatic hydroxyl groups is 1. The van der Waals surface area contributed by atoms with Gasteiger partial charge < -0.3 is 9.84 Å². The highest BCUT2D eigenvalue weighted by Crippen LogP contribution is 2.29. The maximum atomic E-state index is 11.7. The van der Waals surface area contributed by atoms with Gasteiger partial charge in [-0.25, -0.2) is 8.42 Å². The van der Waals surface area contributed by atoms with Crippen LogP contribution in [0, 0.1) is 5.92 Å². The Morgan fingerprint density at radius 1 is 1.22 bits per heavy atom. The van der Waals surface area contributed by atoms with Crippen molar-refractivity contribution in [3.05, 3.63) is 29.8 Å². The van der Waals surface area contributed by atoms with Gasteiger partial charge in [0.15, 0.2) is 9.84 Å². The van der Waals surface area contributed by atoms with E-state index in [9.17, 15) is 13.5 Å². The molecule has 1 aromatic carbocycles. The molecule has 2 saturated heterocycles. The molecular weight excluding hydrogens is 314 g/mol. The zero-order valence-corrected chi connectivity index (χ0v) is 14.3. The summed E-state index contributed by atoms with van der Waals surface area (Å²) < 4.78 is 28.8. The number of methoxy groups -OCH3 is 1. The zero-order chi connectivity index (χ0) is 16.4. The third-order valence-electron chi connectivity index (χ3n) is 5.11. The van der Waals surface area contributed by atoms with Crippen molar-refractivity contribution in [1.82, 2.24) is 4.90 Å². The Morgan fingerprint density at radius 3 is 2.52 bits per heavy atom. The standard InChI is InChI=1S/C17H25NO4S/c1-22-17-5-3-2-4-14(17)10-13-6-8-18(9-7-13)15-11-23(20,21)12-16(15)19/h2-5,13,15-16,19H,6-12H2,1H3. The highest BCUT2D eigenvalue weighted by Gasteiger charge is 2.40. The van der Waals surface area contributed by atoms with E-state index in [-0.39, 0.29) is 17.5 Å². The van der Waals surface area contributed by atoms with Crippen LogP contribution in [0.1, 0.15) is 18.4 Å². The predicted molar refractivity (Wildman–Crippen MR) is 89.4 cm³/mol. The summed E-state index contributed by atoms with van der Waals surface area (Å²) in [4.78, 5) is 2.16. The molecule has 0 spiro atoms. The van der Waals surface area contributed by atoms with Gasteiger partial charge in [-0.05, 0) is 49.9 Å². The molecule has 2 aliphatic rings. The lowest BCUT2D eigenvalue weighted by atomic mass is 9.89. The fraction of sp³-hybridized carbons (Fsp3) is 0.647. The van der Waals surface area contributed by atoms with Gasteiger partial charge in [0.1, 0.15) is 5.75 Å². The van der Waals surface area contributed by atoms with E-state index in [1.54, 1.807) is 7.11 Å². The number of hydrogen-bond acceptors (Lipinski definition) is 5. The Hall–Kier alpha value is -1.11. The van der Waals surface area contributed by atoms with Gasteiger partial charge in [-0.1, -0.05) is 18.2 Å². The molecule has 128 valence electrons. The average molecular weight is 339 g/mol. The molecule has 0 aliphatic carbocycles. The molecular formula is C17H25NO4S. The molecule has 2 unspecified atom stereocenters. The third-order valence-corrected chi connectivity index (χ3v) is 6.81. The Bertz CT molecular complexity index is 638. The maximum absolute atomic E-state index is 11.7. The first-order chi connectivity index (χ1) is 11.0. The minimum atomic E-state index is -3.07. The lowest BCUT2D eigenvalue weighted by molar-refractivity contribution is 0.0587. The molecule has 2 atom stereocenters. The summed E-state index contributed by atoms with van der Waals surface area (Å²) in [7, 11) is -1.38. The van der Waals surface area contributed by atoms with Crippen LogP contribution in [-0.2, 0) is 16.3 Å². The molecule has 1 aromatic rings. The smallest absolute Gasteiger partial charge is 0.154 e. The van der Waals surface area contributed by atoms with Gasteiger partial charge >= 0.3 is 0 Å². The van der Waals surface area contributed by atoms with E-state index in [0.29, 0.717) is 5.92 Å². The molecule has 6 heteroatoms. The molecule has 1 N–H and O–H groups in total. The number of piperidine rings is 1. The molecule has 5 nitrogen and oxygen atoms in total. The first kappa shape index (κ1) is 16.7. The van der Waals surface area contributed by atoms with Gasteiger partial charge in [0.25, 0.3) is 0 Å². The second-order valence-electron chi connectivity index (χ2n) is 6.71. The average Bonchev–Trinajstić information content (AvgIpc) is 2.81. The summed E-state index contributed by atoms with van der Waals surface area (Å²) in [5, 5.41) is 10.0. The van der Waals surface area contributed by atoms with Crippen molar-refractivity contribution in [2.24, 2.45) is 5.92 Å². The van der Waals surface area contributed by atoms with Crippen molar-refractivity contribution >= 4 is 9.84 Å². The maximum Gasteiger partial charge on any atom is 0.154 e. The number of hydrogen-bond donors (Lipinski definition) is 1. The molecule has 2 heterocycles. The van der Waals surface area contributed by atoms with Crippen LogP contribution >= 0.6 is 0 Å². The van der Waals surface area contributed by atoms with Crippen LogP contribution in [-0.4, -0.2) is 62.3 Å². The van der Waals surface area contributed by atoms with Crippen molar-refractivity contribution < 1.29 is 18.3 Å².